The molecule has 4 aromatic carbocycles. The van der Waals surface area contributed by atoms with Gasteiger partial charge in [0.25, 0.3) is 0 Å². The van der Waals surface area contributed by atoms with E-state index in [9.17, 15) is 0 Å². The van der Waals surface area contributed by atoms with Crippen molar-refractivity contribution in [2.75, 3.05) is 0 Å². The van der Waals surface area contributed by atoms with Crippen LogP contribution in [-0.2, 0) is 20.1 Å². The molecule has 0 unspecified atom stereocenters. The first-order valence-electron chi connectivity index (χ1n) is 13.6. The van der Waals surface area contributed by atoms with Gasteiger partial charge in [0.05, 0.1) is 0 Å². The van der Waals surface area contributed by atoms with Crippen LogP contribution in [0.3, 0.4) is 0 Å². The van der Waals surface area contributed by atoms with Gasteiger partial charge in [-0.25, -0.2) is 0 Å². The number of fused-ring (bicyclic) bond motifs is 6. The second-order valence-corrected chi connectivity index (χ2v) is 10.3. The molecule has 0 fully saturated rings. The molecule has 4 heteroatoms. The fourth-order valence-corrected chi connectivity index (χ4v) is 5.66. The number of pyridine rings is 2. The summed E-state index contributed by atoms with van der Waals surface area (Å²) in [6, 6.07) is 44.2. The van der Waals surface area contributed by atoms with Gasteiger partial charge in [0.2, 0.25) is 0 Å². The van der Waals surface area contributed by atoms with E-state index in [0.717, 1.165) is 22.5 Å². The van der Waals surface area contributed by atoms with Crippen molar-refractivity contribution in [1.82, 2.24) is 14.4 Å². The Kier molecular flexibility index (Phi) is 7.36. The van der Waals surface area contributed by atoms with E-state index in [1.807, 2.05) is 60.8 Å². The van der Waals surface area contributed by atoms with E-state index in [0.29, 0.717) is 5.92 Å². The van der Waals surface area contributed by atoms with Crippen molar-refractivity contribution in [1.29, 1.82) is 0 Å². The normalized spacial score (nSPS) is 11.2. The molecule has 0 saturated carbocycles. The van der Waals surface area contributed by atoms with E-state index in [-0.39, 0.29) is 20.1 Å². The predicted octanol–water partition coefficient (Wildman–Crippen LogP) is 9.37. The van der Waals surface area contributed by atoms with E-state index in [1.54, 1.807) is 6.20 Å². The number of aromatic nitrogens is 3. The van der Waals surface area contributed by atoms with E-state index >= 15 is 0 Å². The summed E-state index contributed by atoms with van der Waals surface area (Å²) in [5.74, 6) is 0.399. The van der Waals surface area contributed by atoms with Gasteiger partial charge in [0.15, 0.2) is 0 Å². The molecule has 8 aromatic rings. The molecule has 0 aliphatic rings. The maximum atomic E-state index is 4.57. The van der Waals surface area contributed by atoms with Crippen LogP contribution >= 0.6 is 0 Å². The SMILES string of the molecule is CC(C)c1cc(-c2ccccn2)[c-]c2c3cccc4c5ccccc5n(c12)c34.[Ir].[c-]1ccccc1-c1ccccn1. The summed E-state index contributed by atoms with van der Waals surface area (Å²) in [5, 5.41) is 5.09. The molecule has 4 heterocycles. The van der Waals surface area contributed by atoms with Crippen molar-refractivity contribution < 1.29 is 20.1 Å². The number of benzene rings is 4. The summed E-state index contributed by atoms with van der Waals surface area (Å²) >= 11 is 0. The molecule has 201 valence electrons. The van der Waals surface area contributed by atoms with Gasteiger partial charge in [-0.1, -0.05) is 96.4 Å². The molecule has 0 spiro atoms. The van der Waals surface area contributed by atoms with Crippen LogP contribution in [0.5, 0.6) is 0 Å². The molecule has 0 bridgehead atoms. The van der Waals surface area contributed by atoms with Crippen molar-refractivity contribution in [2.45, 2.75) is 19.8 Å². The van der Waals surface area contributed by atoms with Gasteiger partial charge < -0.3 is 9.38 Å². The summed E-state index contributed by atoms with van der Waals surface area (Å²) in [4.78, 5) is 8.79. The Morgan fingerprint density at radius 2 is 1.29 bits per heavy atom. The van der Waals surface area contributed by atoms with Gasteiger partial charge >= 0.3 is 0 Å². The van der Waals surface area contributed by atoms with E-state index < -0.39 is 0 Å². The van der Waals surface area contributed by atoms with Crippen molar-refractivity contribution in [3.63, 3.8) is 0 Å². The second kappa shape index (κ2) is 11.2. The Morgan fingerprint density at radius 1 is 0.634 bits per heavy atom. The standard InChI is InChI=1S/C26H19N2.C11H8N.Ir/c1-16(2)21-14-17(23-11-5-6-13-27-23)15-22-20-10-7-9-19-18-8-3-4-12-24(18)28(25(19)20)26(21)22;1-2-6-10(7-3-1)11-8-4-5-9-12-11;/h3-14,16H,1-2H3;1-6,8-9H;/q2*-1;. The minimum absolute atomic E-state index is 0. The van der Waals surface area contributed by atoms with Gasteiger partial charge in [-0.05, 0) is 35.3 Å². The fourth-order valence-electron chi connectivity index (χ4n) is 5.66. The van der Waals surface area contributed by atoms with Crippen molar-refractivity contribution >= 4 is 38.1 Å². The van der Waals surface area contributed by atoms with Gasteiger partial charge in [-0.15, -0.1) is 48.0 Å². The molecule has 0 aliphatic heterocycles. The summed E-state index contributed by atoms with van der Waals surface area (Å²) in [6.45, 7) is 4.54. The summed E-state index contributed by atoms with van der Waals surface area (Å²) in [6.07, 6.45) is 3.64. The zero-order valence-electron chi connectivity index (χ0n) is 22.8. The predicted molar refractivity (Wildman–Crippen MR) is 166 cm³/mol. The molecule has 0 atom stereocenters. The molecule has 3 nitrogen and oxygen atoms in total. The summed E-state index contributed by atoms with van der Waals surface area (Å²) in [7, 11) is 0. The number of nitrogens with zero attached hydrogens (tertiary/aromatic N) is 3. The number of para-hydroxylation sites is 2. The van der Waals surface area contributed by atoms with Gasteiger partial charge in [0, 0.05) is 60.0 Å². The average molecular weight is 706 g/mol. The minimum Gasteiger partial charge on any atom is -0.348 e. The van der Waals surface area contributed by atoms with Crippen LogP contribution in [0.15, 0.2) is 122 Å². The van der Waals surface area contributed by atoms with Crippen molar-refractivity contribution in [3.8, 4) is 22.5 Å². The monoisotopic (exact) mass is 706 g/mol. The van der Waals surface area contributed by atoms with Crippen LogP contribution in [0.4, 0.5) is 0 Å². The number of hydrogen-bond donors (Lipinski definition) is 0. The van der Waals surface area contributed by atoms with E-state index in [1.165, 1.54) is 43.7 Å². The van der Waals surface area contributed by atoms with E-state index in [2.05, 4.69) is 94.9 Å². The van der Waals surface area contributed by atoms with Crippen LogP contribution in [0.25, 0.3) is 60.6 Å². The van der Waals surface area contributed by atoms with Crippen LogP contribution < -0.4 is 0 Å². The van der Waals surface area contributed by atoms with Crippen LogP contribution in [-0.4, -0.2) is 14.4 Å². The van der Waals surface area contributed by atoms with Crippen molar-refractivity contribution in [3.05, 3.63) is 139 Å². The Bertz CT molecular complexity index is 2030. The zero-order chi connectivity index (χ0) is 27.1. The smallest absolute Gasteiger partial charge is 0.0464 e. The van der Waals surface area contributed by atoms with Crippen LogP contribution in [0, 0.1) is 12.1 Å². The van der Waals surface area contributed by atoms with Gasteiger partial charge in [-0.2, -0.15) is 0 Å². The Hall–Kier alpha value is -4.37. The summed E-state index contributed by atoms with van der Waals surface area (Å²) in [5.41, 5.74) is 9.24. The Balaban J connectivity index is 0.000000196. The maximum Gasteiger partial charge on any atom is 0.0464 e. The third-order valence-corrected chi connectivity index (χ3v) is 7.47. The third-order valence-electron chi connectivity index (χ3n) is 7.47. The Labute approximate surface area is 253 Å². The Morgan fingerprint density at radius 3 is 1.98 bits per heavy atom. The number of hydrogen-bond acceptors (Lipinski definition) is 2. The largest absolute Gasteiger partial charge is 0.348 e. The molecule has 0 N–H and O–H groups in total. The first-order valence-corrected chi connectivity index (χ1v) is 13.6. The minimum atomic E-state index is 0. The number of rotatable bonds is 3. The molecule has 4 aromatic heterocycles. The molecule has 0 saturated heterocycles. The zero-order valence-corrected chi connectivity index (χ0v) is 25.2. The third kappa shape index (κ3) is 4.70. The molecular formula is C37H27IrN3-2. The fraction of sp³-hybridized carbons (Fsp3) is 0.0811. The molecular weight excluding hydrogens is 679 g/mol. The van der Waals surface area contributed by atoms with Gasteiger partial charge in [0.1, 0.15) is 0 Å². The first-order chi connectivity index (χ1) is 19.7. The molecule has 1 radical (unpaired) electrons. The van der Waals surface area contributed by atoms with Crippen molar-refractivity contribution in [2.24, 2.45) is 0 Å². The van der Waals surface area contributed by atoms with Crippen LogP contribution in [0.2, 0.25) is 0 Å². The topological polar surface area (TPSA) is 30.2 Å². The second-order valence-electron chi connectivity index (χ2n) is 10.3. The first kappa shape index (κ1) is 26.8. The molecule has 0 aliphatic carbocycles. The molecule has 8 rings (SSSR count). The maximum absolute atomic E-state index is 4.57. The molecule has 41 heavy (non-hydrogen) atoms. The quantitative estimate of drug-likeness (QED) is 0.172. The van der Waals surface area contributed by atoms with E-state index in [4.69, 9.17) is 0 Å². The summed E-state index contributed by atoms with van der Waals surface area (Å²) < 4.78 is 2.45. The van der Waals surface area contributed by atoms with Crippen LogP contribution in [0.1, 0.15) is 25.3 Å². The van der Waals surface area contributed by atoms with Gasteiger partial charge in [-0.3, -0.25) is 4.98 Å². The molecule has 0 amide bonds. The average Bonchev–Trinajstić information content (AvgIpc) is 3.54.